The molecule has 120 valence electrons. The van der Waals surface area contributed by atoms with Gasteiger partial charge in [-0.1, -0.05) is 51.7 Å². The Balaban J connectivity index is 2.17. The average Bonchev–Trinajstić information content (AvgIpc) is 2.45. The Kier molecular flexibility index (Phi) is 8.91. The van der Waals surface area contributed by atoms with Gasteiger partial charge in [-0.15, -0.1) is 0 Å². The van der Waals surface area contributed by atoms with Crippen molar-refractivity contribution < 1.29 is 9.84 Å². The maximum atomic E-state index is 10.1. The lowest BCUT2D eigenvalue weighted by Crippen LogP contribution is -2.14. The molecule has 1 aromatic carbocycles. The first-order valence-corrected chi connectivity index (χ1v) is 8.29. The van der Waals surface area contributed by atoms with Gasteiger partial charge in [0.2, 0.25) is 0 Å². The highest BCUT2D eigenvalue weighted by Gasteiger charge is 2.06. The molecule has 0 unspecified atom stereocenters. The lowest BCUT2D eigenvalue weighted by Gasteiger charge is -2.11. The molecule has 3 nitrogen and oxygen atoms in total. The number of hydrogen-bond donors (Lipinski definition) is 2. The maximum absolute atomic E-state index is 10.1. The summed E-state index contributed by atoms with van der Waals surface area (Å²) in [6, 6.07) is 5.66. The number of phenols is 1. The summed E-state index contributed by atoms with van der Waals surface area (Å²) in [6.07, 6.45) is 6.49. The second kappa shape index (κ2) is 10.5. The second-order valence-corrected chi connectivity index (χ2v) is 5.97. The molecule has 0 aromatic heterocycles. The zero-order chi connectivity index (χ0) is 15.5. The molecule has 0 atom stereocenters. The standard InChI is InChI=1S/C18H31NO2/c1-4-21-17-12-9-11-16(18(17)20)14-19-13-8-6-5-7-10-15(2)3/h9,11-12,15,19-20H,4-8,10,13-14H2,1-3H3. The third-order valence-electron chi connectivity index (χ3n) is 3.58. The number of nitrogens with one attached hydrogen (secondary N) is 1. The van der Waals surface area contributed by atoms with Crippen molar-refractivity contribution in [3.63, 3.8) is 0 Å². The highest BCUT2D eigenvalue weighted by atomic mass is 16.5. The molecule has 0 spiro atoms. The van der Waals surface area contributed by atoms with Crippen LogP contribution in [-0.2, 0) is 6.54 Å². The Labute approximate surface area is 129 Å². The highest BCUT2D eigenvalue weighted by molar-refractivity contribution is 5.45. The van der Waals surface area contributed by atoms with E-state index in [-0.39, 0.29) is 5.75 Å². The monoisotopic (exact) mass is 293 g/mol. The number of benzene rings is 1. The highest BCUT2D eigenvalue weighted by Crippen LogP contribution is 2.29. The summed E-state index contributed by atoms with van der Waals surface area (Å²) >= 11 is 0. The van der Waals surface area contributed by atoms with Crippen molar-refractivity contribution in [2.45, 2.75) is 59.4 Å². The molecule has 1 aromatic rings. The van der Waals surface area contributed by atoms with Crippen molar-refractivity contribution in [3.05, 3.63) is 23.8 Å². The van der Waals surface area contributed by atoms with Gasteiger partial charge in [0.05, 0.1) is 6.61 Å². The minimum absolute atomic E-state index is 0.267. The van der Waals surface area contributed by atoms with Crippen LogP contribution in [0.25, 0.3) is 0 Å². The third-order valence-corrected chi connectivity index (χ3v) is 3.58. The average molecular weight is 293 g/mol. The van der Waals surface area contributed by atoms with Gasteiger partial charge in [0.15, 0.2) is 11.5 Å². The minimum Gasteiger partial charge on any atom is -0.504 e. The van der Waals surface area contributed by atoms with E-state index in [0.717, 1.165) is 18.0 Å². The molecule has 0 saturated heterocycles. The smallest absolute Gasteiger partial charge is 0.162 e. The van der Waals surface area contributed by atoms with E-state index in [2.05, 4.69) is 19.2 Å². The fraction of sp³-hybridized carbons (Fsp3) is 0.667. The van der Waals surface area contributed by atoms with E-state index in [4.69, 9.17) is 4.74 Å². The number of aromatic hydroxyl groups is 1. The van der Waals surface area contributed by atoms with Gasteiger partial charge in [-0.05, 0) is 31.9 Å². The predicted molar refractivity (Wildman–Crippen MR) is 88.9 cm³/mol. The van der Waals surface area contributed by atoms with Crippen LogP contribution in [0.15, 0.2) is 18.2 Å². The molecule has 0 radical (unpaired) electrons. The third kappa shape index (κ3) is 7.37. The summed E-state index contributed by atoms with van der Waals surface area (Å²) in [6.45, 7) is 8.75. The normalized spacial score (nSPS) is 11.0. The summed E-state index contributed by atoms with van der Waals surface area (Å²) in [5.74, 6) is 1.66. The van der Waals surface area contributed by atoms with E-state index >= 15 is 0 Å². The van der Waals surface area contributed by atoms with Crippen LogP contribution in [0.4, 0.5) is 0 Å². The number of rotatable bonds is 11. The van der Waals surface area contributed by atoms with Crippen molar-refractivity contribution in [1.82, 2.24) is 5.32 Å². The van der Waals surface area contributed by atoms with Crippen LogP contribution in [0.5, 0.6) is 11.5 Å². The van der Waals surface area contributed by atoms with Gasteiger partial charge in [0.1, 0.15) is 0 Å². The topological polar surface area (TPSA) is 41.5 Å². The van der Waals surface area contributed by atoms with E-state index in [0.29, 0.717) is 18.9 Å². The van der Waals surface area contributed by atoms with Crippen LogP contribution >= 0.6 is 0 Å². The fourth-order valence-corrected chi connectivity index (χ4v) is 2.36. The molecular weight excluding hydrogens is 262 g/mol. The molecule has 21 heavy (non-hydrogen) atoms. The van der Waals surface area contributed by atoms with Crippen molar-refractivity contribution in [2.75, 3.05) is 13.2 Å². The lowest BCUT2D eigenvalue weighted by atomic mass is 10.0. The molecule has 3 heteroatoms. The number of ether oxygens (including phenoxy) is 1. The van der Waals surface area contributed by atoms with E-state index in [1.165, 1.54) is 32.1 Å². The van der Waals surface area contributed by atoms with E-state index < -0.39 is 0 Å². The number of phenolic OH excluding ortho intramolecular Hbond substituents is 1. The van der Waals surface area contributed by atoms with Crippen LogP contribution in [0.1, 0.15) is 58.4 Å². The molecule has 0 bridgehead atoms. The summed E-state index contributed by atoms with van der Waals surface area (Å²) < 4.78 is 5.39. The summed E-state index contributed by atoms with van der Waals surface area (Å²) in [5.41, 5.74) is 0.903. The molecule has 0 saturated carbocycles. The first-order chi connectivity index (χ1) is 10.1. The Morgan fingerprint density at radius 2 is 1.90 bits per heavy atom. The predicted octanol–water partition coefficient (Wildman–Crippen LogP) is 4.49. The first kappa shape index (κ1) is 17.8. The Bertz CT molecular complexity index is 391. The van der Waals surface area contributed by atoms with Crippen LogP contribution in [0.3, 0.4) is 0 Å². The molecule has 0 heterocycles. The zero-order valence-electron chi connectivity index (χ0n) is 13.8. The molecule has 0 aliphatic carbocycles. The Morgan fingerprint density at radius 3 is 2.62 bits per heavy atom. The molecule has 1 rings (SSSR count). The molecule has 0 amide bonds. The quantitative estimate of drug-likeness (QED) is 0.591. The van der Waals surface area contributed by atoms with Crippen LogP contribution in [0, 0.1) is 5.92 Å². The van der Waals surface area contributed by atoms with Gasteiger partial charge in [0.25, 0.3) is 0 Å². The maximum Gasteiger partial charge on any atom is 0.162 e. The number of hydrogen-bond acceptors (Lipinski definition) is 3. The Morgan fingerprint density at radius 1 is 1.14 bits per heavy atom. The summed E-state index contributed by atoms with van der Waals surface area (Å²) in [5, 5.41) is 13.5. The van der Waals surface area contributed by atoms with Crippen LogP contribution < -0.4 is 10.1 Å². The summed E-state index contributed by atoms with van der Waals surface area (Å²) in [7, 11) is 0. The lowest BCUT2D eigenvalue weighted by molar-refractivity contribution is 0.316. The fourth-order valence-electron chi connectivity index (χ4n) is 2.36. The van der Waals surface area contributed by atoms with Crippen LogP contribution in [-0.4, -0.2) is 18.3 Å². The molecular formula is C18H31NO2. The number of unbranched alkanes of at least 4 members (excludes halogenated alkanes) is 3. The van der Waals surface area contributed by atoms with Crippen molar-refractivity contribution in [3.8, 4) is 11.5 Å². The number of para-hydroxylation sites is 1. The van der Waals surface area contributed by atoms with Gasteiger partial charge in [-0.25, -0.2) is 0 Å². The molecule has 0 fully saturated rings. The van der Waals surface area contributed by atoms with E-state index in [1.54, 1.807) is 6.07 Å². The largest absolute Gasteiger partial charge is 0.504 e. The Hall–Kier alpha value is -1.22. The van der Waals surface area contributed by atoms with E-state index in [1.807, 2.05) is 19.1 Å². The second-order valence-electron chi connectivity index (χ2n) is 5.97. The molecule has 2 N–H and O–H groups in total. The summed E-state index contributed by atoms with van der Waals surface area (Å²) in [4.78, 5) is 0. The van der Waals surface area contributed by atoms with Crippen molar-refractivity contribution in [1.29, 1.82) is 0 Å². The van der Waals surface area contributed by atoms with Gasteiger partial charge >= 0.3 is 0 Å². The first-order valence-electron chi connectivity index (χ1n) is 8.29. The van der Waals surface area contributed by atoms with Crippen molar-refractivity contribution >= 4 is 0 Å². The van der Waals surface area contributed by atoms with Gasteiger partial charge in [0, 0.05) is 12.1 Å². The zero-order valence-corrected chi connectivity index (χ0v) is 13.8. The van der Waals surface area contributed by atoms with Crippen molar-refractivity contribution in [2.24, 2.45) is 5.92 Å². The van der Waals surface area contributed by atoms with Gasteiger partial charge < -0.3 is 15.2 Å². The van der Waals surface area contributed by atoms with Gasteiger partial charge in [-0.3, -0.25) is 0 Å². The van der Waals surface area contributed by atoms with Crippen LogP contribution in [0.2, 0.25) is 0 Å². The van der Waals surface area contributed by atoms with Gasteiger partial charge in [-0.2, -0.15) is 0 Å². The minimum atomic E-state index is 0.267. The van der Waals surface area contributed by atoms with E-state index in [9.17, 15) is 5.11 Å². The SMILES string of the molecule is CCOc1cccc(CNCCCCCCC(C)C)c1O. The molecule has 0 aliphatic rings. The molecule has 0 aliphatic heterocycles.